The second-order valence-corrected chi connectivity index (χ2v) is 10.6. The molecule has 4 atom stereocenters. The minimum absolute atomic E-state index is 0.0253. The zero-order chi connectivity index (χ0) is 22.6. The highest BCUT2D eigenvalue weighted by molar-refractivity contribution is 6.11. The molecule has 2 aromatic rings. The Morgan fingerprint density at radius 2 is 1.81 bits per heavy atom. The summed E-state index contributed by atoms with van der Waals surface area (Å²) >= 11 is 0. The van der Waals surface area contributed by atoms with E-state index in [4.69, 9.17) is 9.15 Å². The van der Waals surface area contributed by atoms with E-state index in [1.165, 1.54) is 5.56 Å². The van der Waals surface area contributed by atoms with Gasteiger partial charge in [0, 0.05) is 0 Å². The summed E-state index contributed by atoms with van der Waals surface area (Å²) in [7, 11) is 0. The van der Waals surface area contributed by atoms with E-state index >= 15 is 0 Å². The van der Waals surface area contributed by atoms with Gasteiger partial charge in [0.1, 0.15) is 11.9 Å². The first-order valence-corrected chi connectivity index (χ1v) is 11.6. The van der Waals surface area contributed by atoms with E-state index in [0.29, 0.717) is 23.8 Å². The highest BCUT2D eigenvalue weighted by Gasteiger charge is 2.52. The summed E-state index contributed by atoms with van der Waals surface area (Å²) in [4.78, 5) is 29.0. The Morgan fingerprint density at radius 1 is 1.06 bits per heavy atom. The predicted molar refractivity (Wildman–Crippen MR) is 121 cm³/mol. The van der Waals surface area contributed by atoms with E-state index in [2.05, 4.69) is 39.8 Å². The lowest BCUT2D eigenvalue weighted by atomic mass is 9.74. The number of benzene rings is 1. The molecule has 2 aliphatic heterocycles. The molecular formula is C27H31NO4. The molecule has 0 bridgehead atoms. The molecule has 4 unspecified atom stereocenters. The maximum Gasteiger partial charge on any atom is 0.290 e. The SMILES string of the molecule is CC1CCC2OC3=C(C(=O)C2C1)C(c1ccc(C(C)(C)C)cc1)N(Cc1ccco1)C3=O. The van der Waals surface area contributed by atoms with Gasteiger partial charge in [-0.15, -0.1) is 0 Å². The lowest BCUT2D eigenvalue weighted by molar-refractivity contribution is -0.136. The van der Waals surface area contributed by atoms with Gasteiger partial charge in [-0.25, -0.2) is 0 Å². The largest absolute Gasteiger partial charge is 0.483 e. The van der Waals surface area contributed by atoms with Crippen LogP contribution in [0.25, 0.3) is 0 Å². The fourth-order valence-corrected chi connectivity index (χ4v) is 5.37. The molecule has 3 aliphatic rings. The van der Waals surface area contributed by atoms with Crippen molar-refractivity contribution < 1.29 is 18.7 Å². The fraction of sp³-hybridized carbons (Fsp3) is 0.481. The summed E-state index contributed by atoms with van der Waals surface area (Å²) in [5, 5.41) is 0. The number of furan rings is 1. The van der Waals surface area contributed by atoms with Crippen molar-refractivity contribution >= 4 is 11.7 Å². The van der Waals surface area contributed by atoms with Crippen molar-refractivity contribution in [2.24, 2.45) is 11.8 Å². The molecule has 5 heteroatoms. The number of fused-ring (bicyclic) bond motifs is 1. The molecule has 5 rings (SSSR count). The average molecular weight is 434 g/mol. The maximum absolute atomic E-state index is 13.8. The molecule has 1 aliphatic carbocycles. The van der Waals surface area contributed by atoms with Gasteiger partial charge >= 0.3 is 0 Å². The predicted octanol–water partition coefficient (Wildman–Crippen LogP) is 5.32. The van der Waals surface area contributed by atoms with Gasteiger partial charge in [-0.1, -0.05) is 52.0 Å². The number of Topliss-reactive ketones (excluding diaryl/α,β-unsaturated/α-hetero) is 1. The van der Waals surface area contributed by atoms with Gasteiger partial charge < -0.3 is 14.1 Å². The summed E-state index contributed by atoms with van der Waals surface area (Å²) in [5.74, 6) is 1.14. The van der Waals surface area contributed by atoms with Crippen LogP contribution in [-0.2, 0) is 26.3 Å². The molecule has 0 saturated heterocycles. The van der Waals surface area contributed by atoms with E-state index in [9.17, 15) is 9.59 Å². The molecule has 1 fully saturated rings. The molecule has 0 N–H and O–H groups in total. The summed E-state index contributed by atoms with van der Waals surface area (Å²) in [6.07, 6.45) is 4.09. The zero-order valence-corrected chi connectivity index (χ0v) is 19.3. The van der Waals surface area contributed by atoms with Crippen molar-refractivity contribution in [2.45, 2.75) is 71.1 Å². The maximum atomic E-state index is 13.8. The van der Waals surface area contributed by atoms with E-state index in [0.717, 1.165) is 24.8 Å². The Balaban J connectivity index is 1.57. The van der Waals surface area contributed by atoms with Gasteiger partial charge in [0.15, 0.2) is 11.5 Å². The fourth-order valence-electron chi connectivity index (χ4n) is 5.37. The van der Waals surface area contributed by atoms with E-state index in [1.54, 1.807) is 11.2 Å². The number of carbonyl (C=O) groups excluding carboxylic acids is 2. The van der Waals surface area contributed by atoms with E-state index in [-0.39, 0.29) is 34.9 Å². The van der Waals surface area contributed by atoms with Crippen LogP contribution in [0.4, 0.5) is 0 Å². The standard InChI is InChI=1S/C27H31NO4/c1-16-7-12-21-20(14-16)24(29)22-23(17-8-10-18(11-9-17)27(2,3)4)28(26(30)25(22)32-21)15-19-6-5-13-31-19/h5-6,8-11,13,16,20-21,23H,7,12,14-15H2,1-4H3. The summed E-state index contributed by atoms with van der Waals surface area (Å²) in [6, 6.07) is 11.5. The second-order valence-electron chi connectivity index (χ2n) is 10.6. The van der Waals surface area contributed by atoms with Crippen LogP contribution in [-0.4, -0.2) is 22.7 Å². The van der Waals surface area contributed by atoms with Gasteiger partial charge in [0.2, 0.25) is 0 Å². The van der Waals surface area contributed by atoms with Gasteiger partial charge in [-0.05, 0) is 53.9 Å². The van der Waals surface area contributed by atoms with Crippen molar-refractivity contribution in [3.63, 3.8) is 0 Å². The van der Waals surface area contributed by atoms with Crippen molar-refractivity contribution in [3.8, 4) is 0 Å². The number of rotatable bonds is 3. The van der Waals surface area contributed by atoms with Gasteiger partial charge in [-0.3, -0.25) is 9.59 Å². The van der Waals surface area contributed by atoms with E-state index in [1.807, 2.05) is 24.3 Å². The molecular weight excluding hydrogens is 402 g/mol. The van der Waals surface area contributed by atoms with Crippen LogP contribution in [0.1, 0.15) is 69.9 Å². The quantitative estimate of drug-likeness (QED) is 0.657. The van der Waals surface area contributed by atoms with Crippen molar-refractivity contribution in [2.75, 3.05) is 0 Å². The Bertz CT molecular complexity index is 1060. The van der Waals surface area contributed by atoms with Crippen molar-refractivity contribution in [3.05, 3.63) is 70.9 Å². The molecule has 3 heterocycles. The third-order valence-electron chi connectivity index (χ3n) is 7.20. The molecule has 5 nitrogen and oxygen atoms in total. The van der Waals surface area contributed by atoms with E-state index < -0.39 is 6.04 Å². The Kier molecular flexibility index (Phi) is 5.03. The molecule has 1 aromatic carbocycles. The monoisotopic (exact) mass is 433 g/mol. The number of amides is 1. The molecule has 1 aromatic heterocycles. The van der Waals surface area contributed by atoms with Crippen molar-refractivity contribution in [1.82, 2.24) is 4.90 Å². The highest BCUT2D eigenvalue weighted by Crippen LogP contribution is 2.48. The lowest BCUT2D eigenvalue weighted by Gasteiger charge is -2.37. The third kappa shape index (κ3) is 3.48. The Labute approximate surface area is 189 Å². The van der Waals surface area contributed by atoms with Crippen LogP contribution >= 0.6 is 0 Å². The number of carbonyl (C=O) groups is 2. The first-order valence-electron chi connectivity index (χ1n) is 11.6. The number of hydrogen-bond acceptors (Lipinski definition) is 4. The van der Waals surface area contributed by atoms with Crippen molar-refractivity contribution in [1.29, 1.82) is 0 Å². The molecule has 1 amide bonds. The molecule has 168 valence electrons. The normalized spacial score (nSPS) is 27.9. The van der Waals surface area contributed by atoms with Gasteiger partial charge in [-0.2, -0.15) is 0 Å². The first-order chi connectivity index (χ1) is 15.2. The average Bonchev–Trinajstić information content (AvgIpc) is 3.36. The molecule has 0 spiro atoms. The van der Waals surface area contributed by atoms with Crippen LogP contribution in [0.3, 0.4) is 0 Å². The summed E-state index contributed by atoms with van der Waals surface area (Å²) in [5.41, 5.74) is 2.70. The van der Waals surface area contributed by atoms with Crippen LogP contribution in [0, 0.1) is 11.8 Å². The van der Waals surface area contributed by atoms with Gasteiger partial charge in [0.05, 0.1) is 30.3 Å². The third-order valence-corrected chi connectivity index (χ3v) is 7.20. The topological polar surface area (TPSA) is 59.8 Å². The second kappa shape index (κ2) is 7.65. The molecule has 0 radical (unpaired) electrons. The summed E-state index contributed by atoms with van der Waals surface area (Å²) < 4.78 is 11.8. The summed E-state index contributed by atoms with van der Waals surface area (Å²) in [6.45, 7) is 9.02. The smallest absolute Gasteiger partial charge is 0.290 e. The van der Waals surface area contributed by atoms with Crippen LogP contribution in [0.5, 0.6) is 0 Å². The minimum Gasteiger partial charge on any atom is -0.483 e. The van der Waals surface area contributed by atoms with Gasteiger partial charge in [0.25, 0.3) is 5.91 Å². The molecule has 1 saturated carbocycles. The number of hydrogen-bond donors (Lipinski definition) is 0. The Hall–Kier alpha value is -2.82. The minimum atomic E-state index is -0.456. The zero-order valence-electron chi connectivity index (χ0n) is 19.3. The highest BCUT2D eigenvalue weighted by atomic mass is 16.5. The lowest BCUT2D eigenvalue weighted by Crippen LogP contribution is -2.41. The Morgan fingerprint density at radius 3 is 2.47 bits per heavy atom. The first kappa shape index (κ1) is 21.0. The number of nitrogens with zero attached hydrogens (tertiary/aromatic N) is 1. The number of ketones is 1. The number of ether oxygens (including phenoxy) is 1. The van der Waals surface area contributed by atoms with Crippen LogP contribution in [0.15, 0.2) is 58.4 Å². The molecule has 32 heavy (non-hydrogen) atoms. The van der Waals surface area contributed by atoms with Crippen LogP contribution < -0.4 is 0 Å². The van der Waals surface area contributed by atoms with Crippen LogP contribution in [0.2, 0.25) is 0 Å².